The van der Waals surface area contributed by atoms with E-state index < -0.39 is 17.8 Å². The van der Waals surface area contributed by atoms with E-state index in [0.717, 1.165) is 0 Å². The second-order valence-corrected chi connectivity index (χ2v) is 8.18. The van der Waals surface area contributed by atoms with Crippen molar-refractivity contribution in [2.75, 3.05) is 11.9 Å². The number of carbonyl (C=O) groups excluding carboxylic acids is 3. The molecule has 3 aromatic carbocycles. The molecule has 1 aromatic heterocycles. The SMILES string of the molecule is CCOc1cc(/C=N\NC(=O)c2ccc(NC(=O)c3ccco3)cc2)ccc1OC(=O)c1ccc(Cl)cc1. The van der Waals surface area contributed by atoms with Crippen LogP contribution in [0.4, 0.5) is 5.69 Å². The average molecular weight is 532 g/mol. The molecule has 0 aliphatic rings. The molecule has 0 spiro atoms. The molecule has 4 rings (SSSR count). The first-order chi connectivity index (χ1) is 18.4. The number of halogens is 1. The van der Waals surface area contributed by atoms with Crippen molar-refractivity contribution in [2.24, 2.45) is 5.10 Å². The summed E-state index contributed by atoms with van der Waals surface area (Å²) in [6, 6.07) is 20.7. The quantitative estimate of drug-likeness (QED) is 0.126. The van der Waals surface area contributed by atoms with Crippen molar-refractivity contribution in [3.8, 4) is 11.5 Å². The van der Waals surface area contributed by atoms with Crippen molar-refractivity contribution in [2.45, 2.75) is 6.92 Å². The van der Waals surface area contributed by atoms with Gasteiger partial charge in [0, 0.05) is 16.3 Å². The van der Waals surface area contributed by atoms with E-state index in [1.54, 1.807) is 85.8 Å². The third-order valence-electron chi connectivity index (χ3n) is 5.08. The van der Waals surface area contributed by atoms with Crippen LogP contribution in [0.25, 0.3) is 0 Å². The number of hydrazone groups is 1. The Morgan fingerprint density at radius 2 is 1.66 bits per heavy atom. The molecule has 0 bridgehead atoms. The molecule has 9 nitrogen and oxygen atoms in total. The Balaban J connectivity index is 1.36. The van der Waals surface area contributed by atoms with E-state index in [9.17, 15) is 14.4 Å². The van der Waals surface area contributed by atoms with Crippen LogP contribution in [-0.4, -0.2) is 30.6 Å². The smallest absolute Gasteiger partial charge is 0.343 e. The van der Waals surface area contributed by atoms with Crippen molar-refractivity contribution in [3.63, 3.8) is 0 Å². The maximum absolute atomic E-state index is 12.5. The van der Waals surface area contributed by atoms with E-state index in [4.69, 9.17) is 25.5 Å². The highest BCUT2D eigenvalue weighted by atomic mass is 35.5. The lowest BCUT2D eigenvalue weighted by molar-refractivity contribution is 0.0728. The number of hydrogen-bond acceptors (Lipinski definition) is 7. The normalized spacial score (nSPS) is 10.7. The summed E-state index contributed by atoms with van der Waals surface area (Å²) >= 11 is 5.87. The van der Waals surface area contributed by atoms with Gasteiger partial charge in [-0.15, -0.1) is 0 Å². The van der Waals surface area contributed by atoms with Gasteiger partial charge in [0.25, 0.3) is 11.8 Å². The lowest BCUT2D eigenvalue weighted by Crippen LogP contribution is -2.17. The molecule has 0 aliphatic carbocycles. The van der Waals surface area contributed by atoms with Crippen LogP contribution in [0.2, 0.25) is 5.02 Å². The van der Waals surface area contributed by atoms with Gasteiger partial charge >= 0.3 is 5.97 Å². The number of esters is 1. The predicted octanol–water partition coefficient (Wildman–Crippen LogP) is 5.57. The number of amides is 2. The number of benzene rings is 3. The molecule has 10 heteroatoms. The first-order valence-corrected chi connectivity index (χ1v) is 11.8. The molecule has 0 aliphatic heterocycles. The van der Waals surface area contributed by atoms with Gasteiger partial charge in [-0.05, 0) is 91.3 Å². The van der Waals surface area contributed by atoms with E-state index >= 15 is 0 Å². The van der Waals surface area contributed by atoms with Gasteiger partial charge in [-0.25, -0.2) is 10.2 Å². The first kappa shape index (κ1) is 26.2. The molecule has 1 heterocycles. The number of nitrogens with zero attached hydrogens (tertiary/aromatic N) is 1. The fraction of sp³-hybridized carbons (Fsp3) is 0.0714. The number of furan rings is 1. The fourth-order valence-electron chi connectivity index (χ4n) is 3.24. The highest BCUT2D eigenvalue weighted by Gasteiger charge is 2.14. The van der Waals surface area contributed by atoms with Crippen LogP contribution < -0.4 is 20.2 Å². The monoisotopic (exact) mass is 531 g/mol. The molecule has 0 fully saturated rings. The summed E-state index contributed by atoms with van der Waals surface area (Å²) in [7, 11) is 0. The van der Waals surface area contributed by atoms with E-state index in [0.29, 0.717) is 39.8 Å². The van der Waals surface area contributed by atoms with Gasteiger partial charge in [0.15, 0.2) is 17.3 Å². The summed E-state index contributed by atoms with van der Waals surface area (Å²) in [6.07, 6.45) is 2.84. The minimum atomic E-state index is -0.553. The van der Waals surface area contributed by atoms with Gasteiger partial charge in [-0.2, -0.15) is 5.10 Å². The van der Waals surface area contributed by atoms with Crippen molar-refractivity contribution in [3.05, 3.63) is 113 Å². The molecule has 38 heavy (non-hydrogen) atoms. The third-order valence-corrected chi connectivity index (χ3v) is 5.33. The molecule has 192 valence electrons. The molecule has 4 aromatic rings. The van der Waals surface area contributed by atoms with Crippen molar-refractivity contribution < 1.29 is 28.3 Å². The van der Waals surface area contributed by atoms with Gasteiger partial charge in [0.1, 0.15) is 0 Å². The molecule has 0 unspecified atom stereocenters. The van der Waals surface area contributed by atoms with Crippen molar-refractivity contribution in [1.82, 2.24) is 5.43 Å². The summed E-state index contributed by atoms with van der Waals surface area (Å²) in [6.45, 7) is 2.15. The van der Waals surface area contributed by atoms with E-state index in [1.807, 2.05) is 0 Å². The van der Waals surface area contributed by atoms with Crippen LogP contribution in [0.3, 0.4) is 0 Å². The van der Waals surface area contributed by atoms with Crippen LogP contribution in [0.5, 0.6) is 11.5 Å². The first-order valence-electron chi connectivity index (χ1n) is 11.5. The number of ether oxygens (including phenoxy) is 2. The van der Waals surface area contributed by atoms with Crippen molar-refractivity contribution in [1.29, 1.82) is 0 Å². The highest BCUT2D eigenvalue weighted by molar-refractivity contribution is 6.30. The Morgan fingerprint density at radius 3 is 2.34 bits per heavy atom. The molecule has 0 saturated heterocycles. The Morgan fingerprint density at radius 1 is 0.921 bits per heavy atom. The second-order valence-electron chi connectivity index (χ2n) is 7.74. The predicted molar refractivity (Wildman–Crippen MR) is 142 cm³/mol. The minimum absolute atomic E-state index is 0.182. The summed E-state index contributed by atoms with van der Waals surface area (Å²) in [5.74, 6) is -0.619. The Kier molecular flexibility index (Phi) is 8.53. The number of hydrogen-bond donors (Lipinski definition) is 2. The van der Waals surface area contributed by atoms with Crippen LogP contribution in [0.15, 0.2) is 94.6 Å². The average Bonchev–Trinajstić information content (AvgIpc) is 3.46. The largest absolute Gasteiger partial charge is 0.490 e. The van der Waals surface area contributed by atoms with Gasteiger partial charge in [0.2, 0.25) is 0 Å². The third kappa shape index (κ3) is 6.86. The zero-order valence-electron chi connectivity index (χ0n) is 20.1. The Bertz CT molecular complexity index is 1450. The van der Waals surface area contributed by atoms with Crippen LogP contribution >= 0.6 is 11.6 Å². The minimum Gasteiger partial charge on any atom is -0.490 e. The Labute approximate surface area is 223 Å². The van der Waals surface area contributed by atoms with E-state index in [-0.39, 0.29) is 11.5 Å². The summed E-state index contributed by atoms with van der Waals surface area (Å²) < 4.78 is 16.1. The Hall–Kier alpha value is -4.89. The van der Waals surface area contributed by atoms with E-state index in [2.05, 4.69) is 15.8 Å². The van der Waals surface area contributed by atoms with E-state index in [1.165, 1.54) is 12.5 Å². The van der Waals surface area contributed by atoms with Crippen LogP contribution in [0, 0.1) is 0 Å². The van der Waals surface area contributed by atoms with Gasteiger partial charge in [-0.1, -0.05) is 11.6 Å². The number of carbonyl (C=O) groups is 3. The molecule has 0 atom stereocenters. The number of anilines is 1. The van der Waals surface area contributed by atoms with Gasteiger partial charge in [0.05, 0.1) is 24.6 Å². The molecular formula is C28H22ClN3O6. The second kappa shape index (κ2) is 12.4. The standard InChI is InChI=1S/C28H22ClN3O6/c1-2-36-25-16-18(5-14-23(25)38-28(35)20-6-10-21(29)11-7-20)17-30-32-26(33)19-8-12-22(13-9-19)31-27(34)24-4-3-15-37-24/h3-17H,2H2,1H3,(H,31,34)(H,32,33)/b30-17-. The maximum Gasteiger partial charge on any atom is 0.343 e. The number of rotatable bonds is 9. The molecule has 2 amide bonds. The van der Waals surface area contributed by atoms with Crippen LogP contribution in [0.1, 0.15) is 43.8 Å². The molecular weight excluding hydrogens is 510 g/mol. The molecule has 0 radical (unpaired) electrons. The number of nitrogens with one attached hydrogen (secondary N) is 2. The van der Waals surface area contributed by atoms with Gasteiger partial charge < -0.3 is 19.2 Å². The lowest BCUT2D eigenvalue weighted by atomic mass is 10.2. The summed E-state index contributed by atoms with van der Waals surface area (Å²) in [5, 5.41) is 7.18. The topological polar surface area (TPSA) is 119 Å². The lowest BCUT2D eigenvalue weighted by Gasteiger charge is -2.11. The van der Waals surface area contributed by atoms with Crippen LogP contribution in [-0.2, 0) is 0 Å². The fourth-order valence-corrected chi connectivity index (χ4v) is 3.36. The zero-order chi connectivity index (χ0) is 26.9. The molecule has 0 saturated carbocycles. The summed E-state index contributed by atoms with van der Waals surface area (Å²) in [4.78, 5) is 36.9. The maximum atomic E-state index is 12.5. The molecule has 2 N–H and O–H groups in total. The van der Waals surface area contributed by atoms with Gasteiger partial charge in [-0.3, -0.25) is 9.59 Å². The van der Waals surface area contributed by atoms with Crippen molar-refractivity contribution >= 4 is 41.3 Å². The summed E-state index contributed by atoms with van der Waals surface area (Å²) in [5.41, 5.74) is 4.25. The highest BCUT2D eigenvalue weighted by Crippen LogP contribution is 2.29. The zero-order valence-corrected chi connectivity index (χ0v) is 20.9.